The zero-order valence-corrected chi connectivity index (χ0v) is 18.8. The molecule has 168 valence electrons. The summed E-state index contributed by atoms with van der Waals surface area (Å²) < 4.78 is 19.5. The van der Waals surface area contributed by atoms with Crippen molar-refractivity contribution in [2.24, 2.45) is 5.92 Å². The maximum Gasteiger partial charge on any atom is 0.260 e. The molecule has 1 aliphatic carbocycles. The van der Waals surface area contributed by atoms with Crippen LogP contribution >= 0.6 is 11.8 Å². The Bertz CT molecular complexity index is 1000. The number of hydrogen-bond acceptors (Lipinski definition) is 4. The van der Waals surface area contributed by atoms with Crippen molar-refractivity contribution in [2.75, 3.05) is 37.7 Å². The largest absolute Gasteiger partial charge is 0.484 e. The van der Waals surface area contributed by atoms with Gasteiger partial charge in [-0.2, -0.15) is 11.8 Å². The Balaban J connectivity index is 1.40. The predicted octanol–water partition coefficient (Wildman–Crippen LogP) is 3.66. The number of ether oxygens (including phenoxy) is 1. The number of hydrogen-bond donors (Lipinski definition) is 0. The lowest BCUT2D eigenvalue weighted by atomic mass is 9.87. The lowest BCUT2D eigenvalue weighted by Gasteiger charge is -2.38. The molecule has 32 heavy (non-hydrogen) atoms. The van der Waals surface area contributed by atoms with Gasteiger partial charge in [0.1, 0.15) is 11.6 Å². The summed E-state index contributed by atoms with van der Waals surface area (Å²) in [6, 6.07) is 12.0. The second-order valence-electron chi connectivity index (χ2n) is 8.65. The van der Waals surface area contributed by atoms with Gasteiger partial charge in [-0.3, -0.25) is 9.59 Å². The molecule has 0 N–H and O–H groups in total. The molecule has 2 fully saturated rings. The first kappa shape index (κ1) is 21.3. The fraction of sp³-hybridized carbons (Fsp3) is 0.440. The number of carbonyl (C=O) groups is 2. The number of carbonyl (C=O) groups excluding carboxylic acids is 2. The molecule has 1 unspecified atom stereocenters. The van der Waals surface area contributed by atoms with Crippen LogP contribution in [0.2, 0.25) is 0 Å². The number of fused-ring (bicyclic) bond motifs is 1. The summed E-state index contributed by atoms with van der Waals surface area (Å²) in [5, 5.41) is 0. The highest BCUT2D eigenvalue weighted by atomic mass is 32.2. The van der Waals surface area contributed by atoms with Crippen molar-refractivity contribution < 1.29 is 18.7 Å². The van der Waals surface area contributed by atoms with Crippen molar-refractivity contribution in [3.05, 3.63) is 65.0 Å². The summed E-state index contributed by atoms with van der Waals surface area (Å²) in [6.07, 6.45) is 2.66. The predicted molar refractivity (Wildman–Crippen MR) is 122 cm³/mol. The molecule has 2 heterocycles. The average molecular weight is 455 g/mol. The SMILES string of the molecule is O=C(COc1ccc2c(c1)C(c1ccc(F)cc1)N(C(=O)C1CC1)CC2)N1CCSCC1. The molecule has 0 spiro atoms. The summed E-state index contributed by atoms with van der Waals surface area (Å²) in [5.74, 6) is 2.55. The Labute approximate surface area is 191 Å². The number of benzene rings is 2. The third-order valence-electron chi connectivity index (χ3n) is 6.47. The van der Waals surface area contributed by atoms with E-state index in [2.05, 4.69) is 0 Å². The quantitative estimate of drug-likeness (QED) is 0.692. The van der Waals surface area contributed by atoms with Gasteiger partial charge in [0.2, 0.25) is 5.91 Å². The second-order valence-corrected chi connectivity index (χ2v) is 9.88. The lowest BCUT2D eigenvalue weighted by molar-refractivity contribution is -0.134. The standard InChI is InChI=1S/C25H27FN2O3S/c26-20-6-3-18(4-7-20)24-22-15-21(31-16-23(29)27-11-13-32-14-12-27)8-5-17(22)9-10-28(24)25(30)19-1-2-19/h3-8,15,19,24H,1-2,9-14,16H2. The van der Waals surface area contributed by atoms with Crippen LogP contribution in [0.5, 0.6) is 5.75 Å². The minimum absolute atomic E-state index is 0.00337. The molecule has 5 rings (SSSR count). The molecule has 0 aromatic heterocycles. The van der Waals surface area contributed by atoms with Crippen LogP contribution in [-0.4, -0.2) is 59.4 Å². The van der Waals surface area contributed by atoms with Gasteiger partial charge < -0.3 is 14.5 Å². The first-order valence-corrected chi connectivity index (χ1v) is 12.4. The Morgan fingerprint density at radius 3 is 2.50 bits per heavy atom. The van der Waals surface area contributed by atoms with E-state index in [1.807, 2.05) is 39.8 Å². The molecule has 3 aliphatic rings. The monoisotopic (exact) mass is 454 g/mol. The molecule has 1 atom stereocenters. The van der Waals surface area contributed by atoms with Gasteiger partial charge in [0.15, 0.2) is 6.61 Å². The number of thioether (sulfide) groups is 1. The van der Waals surface area contributed by atoms with Crippen LogP contribution in [0.3, 0.4) is 0 Å². The van der Waals surface area contributed by atoms with Gasteiger partial charge in [-0.15, -0.1) is 0 Å². The summed E-state index contributed by atoms with van der Waals surface area (Å²) in [5.41, 5.74) is 3.04. The average Bonchev–Trinajstić information content (AvgIpc) is 3.68. The van der Waals surface area contributed by atoms with Gasteiger partial charge >= 0.3 is 0 Å². The van der Waals surface area contributed by atoms with E-state index in [9.17, 15) is 14.0 Å². The molecular weight excluding hydrogens is 427 g/mol. The zero-order chi connectivity index (χ0) is 22.1. The van der Waals surface area contributed by atoms with Crippen LogP contribution in [0.4, 0.5) is 4.39 Å². The van der Waals surface area contributed by atoms with E-state index in [0.29, 0.717) is 12.3 Å². The Hall–Kier alpha value is -2.54. The normalized spacial score (nSPS) is 20.6. The van der Waals surface area contributed by atoms with E-state index in [-0.39, 0.29) is 36.2 Å². The van der Waals surface area contributed by atoms with Crippen LogP contribution < -0.4 is 4.74 Å². The van der Waals surface area contributed by atoms with Crippen molar-refractivity contribution in [3.63, 3.8) is 0 Å². The van der Waals surface area contributed by atoms with Crippen molar-refractivity contribution in [1.29, 1.82) is 0 Å². The van der Waals surface area contributed by atoms with E-state index in [4.69, 9.17) is 4.74 Å². The van der Waals surface area contributed by atoms with Crippen molar-refractivity contribution in [3.8, 4) is 5.75 Å². The second kappa shape index (κ2) is 9.14. The molecule has 1 saturated heterocycles. The number of nitrogens with zero attached hydrogens (tertiary/aromatic N) is 2. The van der Waals surface area contributed by atoms with Gasteiger partial charge in [-0.05, 0) is 60.2 Å². The number of amides is 2. The van der Waals surface area contributed by atoms with Crippen LogP contribution in [0, 0.1) is 11.7 Å². The molecular formula is C25H27FN2O3S. The molecule has 5 nitrogen and oxygen atoms in total. The highest BCUT2D eigenvalue weighted by Gasteiger charge is 2.39. The molecule has 1 saturated carbocycles. The number of halogens is 1. The Morgan fingerprint density at radius 1 is 1.03 bits per heavy atom. The van der Waals surface area contributed by atoms with Gasteiger partial charge in [0, 0.05) is 37.1 Å². The molecule has 0 radical (unpaired) electrons. The van der Waals surface area contributed by atoms with E-state index in [1.54, 1.807) is 12.1 Å². The first-order chi connectivity index (χ1) is 15.6. The number of rotatable bonds is 5. The highest BCUT2D eigenvalue weighted by molar-refractivity contribution is 7.99. The fourth-order valence-corrected chi connectivity index (χ4v) is 5.44. The lowest BCUT2D eigenvalue weighted by Crippen LogP contribution is -2.41. The molecule has 2 aromatic rings. The van der Waals surface area contributed by atoms with Crippen molar-refractivity contribution in [2.45, 2.75) is 25.3 Å². The van der Waals surface area contributed by atoms with Crippen molar-refractivity contribution in [1.82, 2.24) is 9.80 Å². The Morgan fingerprint density at radius 2 is 1.78 bits per heavy atom. The first-order valence-electron chi connectivity index (χ1n) is 11.3. The molecule has 2 aromatic carbocycles. The van der Waals surface area contributed by atoms with E-state index in [1.165, 1.54) is 12.1 Å². The summed E-state index contributed by atoms with van der Waals surface area (Å²) in [4.78, 5) is 29.4. The van der Waals surface area contributed by atoms with Crippen LogP contribution in [0.25, 0.3) is 0 Å². The Kier molecular flexibility index (Phi) is 6.09. The third kappa shape index (κ3) is 4.49. The molecule has 2 aliphatic heterocycles. The van der Waals surface area contributed by atoms with Gasteiger partial charge in [-0.25, -0.2) is 4.39 Å². The van der Waals surface area contributed by atoms with Crippen LogP contribution in [0.1, 0.15) is 35.6 Å². The van der Waals surface area contributed by atoms with Crippen LogP contribution in [0.15, 0.2) is 42.5 Å². The van der Waals surface area contributed by atoms with Gasteiger partial charge in [-0.1, -0.05) is 18.2 Å². The zero-order valence-electron chi connectivity index (χ0n) is 18.0. The highest BCUT2D eigenvalue weighted by Crippen LogP contribution is 2.41. The minimum Gasteiger partial charge on any atom is -0.484 e. The van der Waals surface area contributed by atoms with E-state index in [0.717, 1.165) is 60.5 Å². The smallest absolute Gasteiger partial charge is 0.260 e. The maximum atomic E-state index is 13.6. The minimum atomic E-state index is -0.295. The van der Waals surface area contributed by atoms with E-state index < -0.39 is 0 Å². The summed E-state index contributed by atoms with van der Waals surface area (Å²) >= 11 is 1.86. The summed E-state index contributed by atoms with van der Waals surface area (Å²) in [7, 11) is 0. The topological polar surface area (TPSA) is 49.9 Å². The fourth-order valence-electron chi connectivity index (χ4n) is 4.54. The van der Waals surface area contributed by atoms with Gasteiger partial charge in [0.05, 0.1) is 6.04 Å². The maximum absolute atomic E-state index is 13.6. The molecule has 7 heteroatoms. The third-order valence-corrected chi connectivity index (χ3v) is 7.41. The van der Waals surface area contributed by atoms with E-state index >= 15 is 0 Å². The van der Waals surface area contributed by atoms with Crippen LogP contribution in [-0.2, 0) is 16.0 Å². The molecule has 0 bridgehead atoms. The molecule has 2 amide bonds. The van der Waals surface area contributed by atoms with Gasteiger partial charge in [0.25, 0.3) is 5.91 Å². The summed E-state index contributed by atoms with van der Waals surface area (Å²) in [6.45, 7) is 2.19. The van der Waals surface area contributed by atoms with Crippen molar-refractivity contribution >= 4 is 23.6 Å².